The van der Waals surface area contributed by atoms with Crippen molar-refractivity contribution >= 4 is 0 Å². The van der Waals surface area contributed by atoms with Crippen LogP contribution >= 0.6 is 0 Å². The lowest BCUT2D eigenvalue weighted by molar-refractivity contribution is 0.624. The van der Waals surface area contributed by atoms with E-state index < -0.39 is 0 Å². The van der Waals surface area contributed by atoms with E-state index in [2.05, 4.69) is 33.8 Å². The number of benzene rings is 1. The zero-order valence-electron chi connectivity index (χ0n) is 10.2. The maximum Gasteiger partial charge on any atom is 0.0328 e. The fraction of sp³-hybridized carbons (Fsp3) is 0.571. The Hall–Kier alpha value is -0.820. The molecule has 0 heterocycles. The van der Waals surface area contributed by atoms with Crippen LogP contribution < -0.4 is 5.73 Å². The maximum atomic E-state index is 6.34. The van der Waals surface area contributed by atoms with Crippen LogP contribution in [0, 0.1) is 33.6 Å². The third-order valence-electron chi connectivity index (χ3n) is 3.89. The summed E-state index contributed by atoms with van der Waals surface area (Å²) in [6.45, 7) is 8.79. The average molecular weight is 203 g/mol. The molecule has 0 aromatic heterocycles. The summed E-state index contributed by atoms with van der Waals surface area (Å²) in [5, 5.41) is 0. The van der Waals surface area contributed by atoms with E-state index in [0.29, 0.717) is 0 Å². The van der Waals surface area contributed by atoms with Gasteiger partial charge in [-0.3, -0.25) is 0 Å². The van der Waals surface area contributed by atoms with Gasteiger partial charge in [-0.25, -0.2) is 0 Å². The number of hydrogen-bond acceptors (Lipinski definition) is 1. The Morgan fingerprint density at radius 1 is 1.07 bits per heavy atom. The lowest BCUT2D eigenvalue weighted by Crippen LogP contribution is -2.16. The molecule has 1 aromatic rings. The first-order valence-electron chi connectivity index (χ1n) is 5.85. The lowest BCUT2D eigenvalue weighted by atomic mass is 9.88. The van der Waals surface area contributed by atoms with E-state index >= 15 is 0 Å². The van der Waals surface area contributed by atoms with Gasteiger partial charge in [0.2, 0.25) is 0 Å². The van der Waals surface area contributed by atoms with Crippen LogP contribution in [-0.4, -0.2) is 0 Å². The first-order valence-corrected chi connectivity index (χ1v) is 5.85. The molecule has 1 atom stereocenters. The molecule has 82 valence electrons. The Balaban J connectivity index is 2.52. The van der Waals surface area contributed by atoms with Gasteiger partial charge in [0.1, 0.15) is 0 Å². The van der Waals surface area contributed by atoms with Gasteiger partial charge in [-0.05, 0) is 74.3 Å². The molecule has 0 radical (unpaired) electrons. The van der Waals surface area contributed by atoms with Crippen molar-refractivity contribution in [3.05, 3.63) is 33.9 Å². The Morgan fingerprint density at radius 2 is 1.53 bits per heavy atom. The van der Waals surface area contributed by atoms with Crippen molar-refractivity contribution in [1.82, 2.24) is 0 Å². The van der Waals surface area contributed by atoms with Crippen LogP contribution in [0.4, 0.5) is 0 Å². The zero-order valence-corrected chi connectivity index (χ0v) is 10.2. The second kappa shape index (κ2) is 3.64. The molecule has 15 heavy (non-hydrogen) atoms. The van der Waals surface area contributed by atoms with E-state index in [-0.39, 0.29) is 6.04 Å². The van der Waals surface area contributed by atoms with Crippen LogP contribution in [0.25, 0.3) is 0 Å². The summed E-state index contributed by atoms with van der Waals surface area (Å²) in [6, 6.07) is 2.54. The molecule has 0 bridgehead atoms. The molecule has 1 saturated carbocycles. The molecular weight excluding hydrogens is 182 g/mol. The fourth-order valence-electron chi connectivity index (χ4n) is 2.44. The van der Waals surface area contributed by atoms with E-state index in [0.717, 1.165) is 5.92 Å². The second-order valence-electron chi connectivity index (χ2n) is 5.04. The third-order valence-corrected chi connectivity index (χ3v) is 3.89. The summed E-state index contributed by atoms with van der Waals surface area (Å²) in [5.74, 6) is 0.739. The standard InChI is InChI=1S/C14H21N/c1-8-7-9(2)11(4)13(10(8)3)14(15)12-5-6-12/h7,12,14H,5-6,15H2,1-4H3. The summed E-state index contributed by atoms with van der Waals surface area (Å²) >= 11 is 0. The SMILES string of the molecule is Cc1cc(C)c(C)c(C(N)C2CC2)c1C. The Kier molecular flexibility index (Phi) is 2.59. The predicted molar refractivity (Wildman–Crippen MR) is 65.0 cm³/mol. The number of aryl methyl sites for hydroxylation is 2. The molecule has 2 N–H and O–H groups in total. The van der Waals surface area contributed by atoms with Crippen molar-refractivity contribution in [3.63, 3.8) is 0 Å². The number of hydrogen-bond donors (Lipinski definition) is 1. The molecular formula is C14H21N. The van der Waals surface area contributed by atoms with Crippen molar-refractivity contribution in [2.75, 3.05) is 0 Å². The molecule has 0 aliphatic heterocycles. The molecule has 1 aromatic carbocycles. The molecule has 1 unspecified atom stereocenters. The highest BCUT2D eigenvalue weighted by Crippen LogP contribution is 2.42. The van der Waals surface area contributed by atoms with Crippen LogP contribution in [0.1, 0.15) is 46.7 Å². The van der Waals surface area contributed by atoms with Crippen LogP contribution in [0.15, 0.2) is 6.07 Å². The highest BCUT2D eigenvalue weighted by Gasteiger charge is 2.31. The van der Waals surface area contributed by atoms with E-state index in [4.69, 9.17) is 5.73 Å². The summed E-state index contributed by atoms with van der Waals surface area (Å²) in [6.07, 6.45) is 2.63. The molecule has 1 aliphatic rings. The van der Waals surface area contributed by atoms with Gasteiger partial charge in [-0.1, -0.05) is 6.07 Å². The van der Waals surface area contributed by atoms with Crippen LogP contribution in [0.5, 0.6) is 0 Å². The Labute approximate surface area is 92.7 Å². The van der Waals surface area contributed by atoms with E-state index in [1.54, 1.807) is 0 Å². The van der Waals surface area contributed by atoms with Crippen molar-refractivity contribution < 1.29 is 0 Å². The molecule has 0 saturated heterocycles. The first kappa shape index (κ1) is 10.7. The maximum absolute atomic E-state index is 6.34. The molecule has 1 aliphatic carbocycles. The molecule has 1 nitrogen and oxygen atoms in total. The van der Waals surface area contributed by atoms with Gasteiger partial charge < -0.3 is 5.73 Å². The Bertz CT molecular complexity index is 363. The topological polar surface area (TPSA) is 26.0 Å². The Morgan fingerprint density at radius 3 is 1.93 bits per heavy atom. The molecule has 0 spiro atoms. The largest absolute Gasteiger partial charge is 0.324 e. The minimum absolute atomic E-state index is 0.267. The number of nitrogens with two attached hydrogens (primary N) is 1. The van der Waals surface area contributed by atoms with Gasteiger partial charge in [-0.15, -0.1) is 0 Å². The predicted octanol–water partition coefficient (Wildman–Crippen LogP) is 3.33. The lowest BCUT2D eigenvalue weighted by Gasteiger charge is -2.20. The van der Waals surface area contributed by atoms with E-state index in [1.165, 1.54) is 40.7 Å². The quantitative estimate of drug-likeness (QED) is 0.784. The van der Waals surface area contributed by atoms with E-state index in [9.17, 15) is 0 Å². The van der Waals surface area contributed by atoms with Gasteiger partial charge >= 0.3 is 0 Å². The van der Waals surface area contributed by atoms with Gasteiger partial charge in [0.05, 0.1) is 0 Å². The minimum atomic E-state index is 0.267. The number of rotatable bonds is 2. The highest BCUT2D eigenvalue weighted by atomic mass is 14.7. The monoisotopic (exact) mass is 203 g/mol. The normalized spacial score (nSPS) is 17.9. The van der Waals surface area contributed by atoms with Gasteiger partial charge in [0.25, 0.3) is 0 Å². The molecule has 1 fully saturated rings. The summed E-state index contributed by atoms with van der Waals surface area (Å²) in [7, 11) is 0. The van der Waals surface area contributed by atoms with Crippen molar-refractivity contribution in [2.24, 2.45) is 11.7 Å². The van der Waals surface area contributed by atoms with Crippen molar-refractivity contribution in [1.29, 1.82) is 0 Å². The van der Waals surface area contributed by atoms with E-state index in [1.807, 2.05) is 0 Å². The van der Waals surface area contributed by atoms with Gasteiger partial charge in [0, 0.05) is 6.04 Å². The van der Waals surface area contributed by atoms with Crippen LogP contribution in [-0.2, 0) is 0 Å². The average Bonchev–Trinajstić information content (AvgIpc) is 2.98. The van der Waals surface area contributed by atoms with Crippen LogP contribution in [0.3, 0.4) is 0 Å². The minimum Gasteiger partial charge on any atom is -0.324 e. The van der Waals surface area contributed by atoms with Gasteiger partial charge in [0.15, 0.2) is 0 Å². The van der Waals surface area contributed by atoms with Crippen LogP contribution in [0.2, 0.25) is 0 Å². The smallest absolute Gasteiger partial charge is 0.0328 e. The first-order chi connectivity index (χ1) is 7.02. The highest BCUT2D eigenvalue weighted by molar-refractivity contribution is 5.46. The van der Waals surface area contributed by atoms with Crippen molar-refractivity contribution in [2.45, 2.75) is 46.6 Å². The molecule has 1 heteroatoms. The van der Waals surface area contributed by atoms with Gasteiger partial charge in [-0.2, -0.15) is 0 Å². The summed E-state index contributed by atoms with van der Waals surface area (Å²) in [5.41, 5.74) is 13.3. The third kappa shape index (κ3) is 1.81. The summed E-state index contributed by atoms with van der Waals surface area (Å²) < 4.78 is 0. The second-order valence-corrected chi connectivity index (χ2v) is 5.04. The summed E-state index contributed by atoms with van der Waals surface area (Å²) in [4.78, 5) is 0. The van der Waals surface area contributed by atoms with Crippen molar-refractivity contribution in [3.8, 4) is 0 Å². The fourth-order valence-corrected chi connectivity index (χ4v) is 2.44. The zero-order chi connectivity index (χ0) is 11.2. The molecule has 2 rings (SSSR count). The molecule has 0 amide bonds.